The average molecular weight is 647 g/mol. The molecule has 8 aromatic rings. The van der Waals surface area contributed by atoms with Crippen molar-refractivity contribution in [3.8, 4) is 61.8 Å². The number of rotatable bonds is 6. The predicted octanol–water partition coefficient (Wildman–Crippen LogP) is 10.7. The van der Waals surface area contributed by atoms with E-state index in [4.69, 9.17) is 9.97 Å². The minimum absolute atomic E-state index is 0.216. The Morgan fingerprint density at radius 2 is 1.26 bits per heavy atom. The van der Waals surface area contributed by atoms with Crippen molar-refractivity contribution < 1.29 is 5.11 Å². The molecule has 1 aliphatic heterocycles. The van der Waals surface area contributed by atoms with Gasteiger partial charge in [-0.15, -0.1) is 0 Å². The molecule has 0 aliphatic carbocycles. The average Bonchev–Trinajstić information content (AvgIpc) is 3.77. The summed E-state index contributed by atoms with van der Waals surface area (Å²) < 4.78 is 2.04. The normalized spacial score (nSPS) is 12.4. The fourth-order valence-electron chi connectivity index (χ4n) is 7.36. The summed E-state index contributed by atoms with van der Waals surface area (Å²) in [6, 6.07) is 52.6. The van der Waals surface area contributed by atoms with E-state index in [1.165, 1.54) is 33.6 Å². The van der Waals surface area contributed by atoms with Crippen molar-refractivity contribution in [3.63, 3.8) is 0 Å². The van der Waals surface area contributed by atoms with Crippen LogP contribution in [0.3, 0.4) is 0 Å². The van der Waals surface area contributed by atoms with Crippen molar-refractivity contribution in [2.75, 3.05) is 11.4 Å². The van der Waals surface area contributed by atoms with Gasteiger partial charge in [-0.1, -0.05) is 103 Å². The van der Waals surface area contributed by atoms with Gasteiger partial charge in [0.2, 0.25) is 0 Å². The second kappa shape index (κ2) is 12.2. The first kappa shape index (κ1) is 29.7. The highest BCUT2D eigenvalue weighted by atomic mass is 16.3. The Morgan fingerprint density at radius 1 is 0.580 bits per heavy atom. The first-order valence-corrected chi connectivity index (χ1v) is 17.0. The summed E-state index contributed by atoms with van der Waals surface area (Å²) in [5.74, 6) is 0.946. The highest BCUT2D eigenvalue weighted by Crippen LogP contribution is 2.43. The molecule has 0 amide bonds. The number of fused-ring (bicyclic) bond motifs is 2. The minimum atomic E-state index is 0.216. The lowest BCUT2D eigenvalue weighted by Crippen LogP contribution is -2.13. The van der Waals surface area contributed by atoms with Crippen LogP contribution in [0.1, 0.15) is 5.56 Å². The van der Waals surface area contributed by atoms with Crippen LogP contribution < -0.4 is 4.90 Å². The summed E-state index contributed by atoms with van der Waals surface area (Å²) in [5.41, 5.74) is 15.3. The molecule has 0 atom stereocenters. The molecule has 3 heterocycles. The Morgan fingerprint density at radius 3 is 2.12 bits per heavy atom. The summed E-state index contributed by atoms with van der Waals surface area (Å²) >= 11 is 0. The Kier molecular flexibility index (Phi) is 7.24. The number of aromatic nitrogens is 3. The van der Waals surface area contributed by atoms with Crippen LogP contribution in [0.25, 0.3) is 67.1 Å². The van der Waals surface area contributed by atoms with E-state index >= 15 is 0 Å². The Hall–Kier alpha value is -6.46. The molecule has 5 nitrogen and oxygen atoms in total. The SMILES string of the molecule is Cn1c(-c2ccccc2O)nc2c(-c3cccc(-c4cc(-c5cccc6c5N(c5ccc(-c7ccccc7)cc5)CC6)ccn4)c3)cccc21. The van der Waals surface area contributed by atoms with Crippen LogP contribution in [0.15, 0.2) is 158 Å². The number of nitrogens with zero attached hydrogens (tertiary/aromatic N) is 4. The van der Waals surface area contributed by atoms with Crippen LogP contribution in [-0.2, 0) is 13.5 Å². The number of benzene rings is 6. The number of imidazole rings is 1. The van der Waals surface area contributed by atoms with E-state index in [1.807, 2.05) is 36.0 Å². The fourth-order valence-corrected chi connectivity index (χ4v) is 7.36. The van der Waals surface area contributed by atoms with E-state index in [-0.39, 0.29) is 5.75 Å². The van der Waals surface area contributed by atoms with Crippen molar-refractivity contribution in [1.82, 2.24) is 14.5 Å². The zero-order valence-corrected chi connectivity index (χ0v) is 27.7. The maximum atomic E-state index is 10.6. The maximum Gasteiger partial charge on any atom is 0.144 e. The summed E-state index contributed by atoms with van der Waals surface area (Å²) in [6.07, 6.45) is 2.93. The molecule has 2 aromatic heterocycles. The molecule has 0 radical (unpaired) electrons. The number of hydrogen-bond acceptors (Lipinski definition) is 4. The molecule has 9 rings (SSSR count). The first-order valence-electron chi connectivity index (χ1n) is 17.0. The summed E-state index contributed by atoms with van der Waals surface area (Å²) in [6.45, 7) is 0.946. The lowest BCUT2D eigenvalue weighted by molar-refractivity contribution is 0.476. The molecule has 0 unspecified atom stereocenters. The lowest BCUT2D eigenvalue weighted by Gasteiger charge is -2.23. The first-order chi connectivity index (χ1) is 24.6. The highest BCUT2D eigenvalue weighted by molar-refractivity contribution is 5.95. The fraction of sp³-hybridized carbons (Fsp3) is 0.0667. The van der Waals surface area contributed by atoms with Gasteiger partial charge in [-0.25, -0.2) is 4.98 Å². The molecular formula is C45H34N4O. The van der Waals surface area contributed by atoms with Crippen molar-refractivity contribution in [2.45, 2.75) is 6.42 Å². The van der Waals surface area contributed by atoms with Crippen LogP contribution in [0.5, 0.6) is 5.75 Å². The number of aromatic hydroxyl groups is 1. The molecule has 240 valence electrons. The molecule has 0 spiro atoms. The van der Waals surface area contributed by atoms with Crippen LogP contribution in [0.4, 0.5) is 11.4 Å². The summed E-state index contributed by atoms with van der Waals surface area (Å²) in [4.78, 5) is 12.3. The van der Waals surface area contributed by atoms with Crippen molar-refractivity contribution in [1.29, 1.82) is 0 Å². The van der Waals surface area contributed by atoms with Crippen molar-refractivity contribution >= 4 is 22.4 Å². The molecule has 0 bridgehead atoms. The third-order valence-electron chi connectivity index (χ3n) is 9.88. The Balaban J connectivity index is 1.07. The zero-order valence-electron chi connectivity index (χ0n) is 27.7. The van der Waals surface area contributed by atoms with Crippen LogP contribution in [0, 0.1) is 0 Å². The molecule has 0 saturated heterocycles. The number of para-hydroxylation sites is 3. The summed E-state index contributed by atoms with van der Waals surface area (Å²) in [7, 11) is 1.99. The molecular weight excluding hydrogens is 613 g/mol. The zero-order chi connectivity index (χ0) is 33.6. The number of aryl methyl sites for hydroxylation is 1. The van der Waals surface area contributed by atoms with Gasteiger partial charge in [-0.3, -0.25) is 4.98 Å². The van der Waals surface area contributed by atoms with Gasteiger partial charge in [0.05, 0.1) is 28.0 Å². The van der Waals surface area contributed by atoms with Crippen LogP contribution in [-0.4, -0.2) is 26.2 Å². The molecule has 50 heavy (non-hydrogen) atoms. The Bertz CT molecular complexity index is 2520. The van der Waals surface area contributed by atoms with Crippen molar-refractivity contribution in [2.24, 2.45) is 7.05 Å². The van der Waals surface area contributed by atoms with Gasteiger partial charge in [0, 0.05) is 42.2 Å². The number of phenolic OH excluding ortho intramolecular Hbond substituents is 1. The quantitative estimate of drug-likeness (QED) is 0.195. The van der Waals surface area contributed by atoms with E-state index in [0.717, 1.165) is 57.8 Å². The highest BCUT2D eigenvalue weighted by Gasteiger charge is 2.25. The lowest BCUT2D eigenvalue weighted by atomic mass is 9.97. The molecule has 6 aromatic carbocycles. The Labute approximate surface area is 291 Å². The van der Waals surface area contributed by atoms with E-state index in [1.54, 1.807) is 6.07 Å². The summed E-state index contributed by atoms with van der Waals surface area (Å²) in [5, 5.41) is 10.6. The third kappa shape index (κ3) is 5.11. The number of phenols is 1. The van der Waals surface area contributed by atoms with E-state index in [0.29, 0.717) is 5.56 Å². The van der Waals surface area contributed by atoms with Crippen LogP contribution in [0.2, 0.25) is 0 Å². The second-order valence-electron chi connectivity index (χ2n) is 12.8. The van der Waals surface area contributed by atoms with Gasteiger partial charge in [0.15, 0.2) is 0 Å². The molecule has 5 heteroatoms. The molecule has 0 fully saturated rings. The van der Waals surface area contributed by atoms with Gasteiger partial charge >= 0.3 is 0 Å². The standard InChI is InChI=1S/C45H34N4O/c1-48-41-18-9-16-37(43(41)47-45(48)39-15-5-6-19-42(39)50)33-13-7-14-35(28-33)40-29-34(24-26-46-40)38-17-8-12-32-25-27-49(44(32)38)36-22-20-31(21-23-36)30-10-3-2-4-11-30/h2-24,26,28-29,50H,25,27H2,1H3. The van der Waals surface area contributed by atoms with Gasteiger partial charge in [0.1, 0.15) is 11.6 Å². The van der Waals surface area contributed by atoms with E-state index in [2.05, 4.69) is 132 Å². The third-order valence-corrected chi connectivity index (χ3v) is 9.88. The van der Waals surface area contributed by atoms with Crippen molar-refractivity contribution in [3.05, 3.63) is 163 Å². The van der Waals surface area contributed by atoms with Gasteiger partial charge in [-0.05, 0) is 82.8 Å². The van der Waals surface area contributed by atoms with Crippen LogP contribution >= 0.6 is 0 Å². The minimum Gasteiger partial charge on any atom is -0.507 e. The number of pyridine rings is 1. The van der Waals surface area contributed by atoms with Gasteiger partial charge in [0.25, 0.3) is 0 Å². The topological polar surface area (TPSA) is 54.2 Å². The van der Waals surface area contributed by atoms with Gasteiger partial charge < -0.3 is 14.6 Å². The predicted molar refractivity (Wildman–Crippen MR) is 205 cm³/mol. The van der Waals surface area contributed by atoms with Gasteiger partial charge in [-0.2, -0.15) is 0 Å². The molecule has 1 N–H and O–H groups in total. The monoisotopic (exact) mass is 646 g/mol. The maximum absolute atomic E-state index is 10.6. The molecule has 1 aliphatic rings. The number of hydrogen-bond donors (Lipinski definition) is 1. The van der Waals surface area contributed by atoms with E-state index in [9.17, 15) is 5.11 Å². The van der Waals surface area contributed by atoms with E-state index < -0.39 is 0 Å². The number of anilines is 2. The largest absolute Gasteiger partial charge is 0.507 e. The molecule has 0 saturated carbocycles. The smallest absolute Gasteiger partial charge is 0.144 e. The second-order valence-corrected chi connectivity index (χ2v) is 12.8.